The molecule has 188 valence electrons. The van der Waals surface area contributed by atoms with Gasteiger partial charge in [-0.15, -0.1) is 0 Å². The topological polar surface area (TPSA) is 53.8 Å². The first-order valence-corrected chi connectivity index (χ1v) is 13.3. The summed E-state index contributed by atoms with van der Waals surface area (Å²) in [6.07, 6.45) is 1.77. The number of halogens is 2. The van der Waals surface area contributed by atoms with Crippen LogP contribution in [0, 0.1) is 5.82 Å². The van der Waals surface area contributed by atoms with Crippen LogP contribution >= 0.6 is 28.1 Å². The van der Waals surface area contributed by atoms with Crippen molar-refractivity contribution >= 4 is 44.6 Å². The highest BCUT2D eigenvalue weighted by Crippen LogP contribution is 2.43. The zero-order valence-corrected chi connectivity index (χ0v) is 22.2. The van der Waals surface area contributed by atoms with Gasteiger partial charge in [0.05, 0.1) is 30.5 Å². The summed E-state index contributed by atoms with van der Waals surface area (Å²) in [5.74, 6) is 0.768. The number of morpholine rings is 1. The van der Waals surface area contributed by atoms with Crippen molar-refractivity contribution in [3.63, 3.8) is 0 Å². The highest BCUT2D eigenvalue weighted by atomic mass is 79.9. The molecule has 0 radical (unpaired) electrons. The molecule has 4 aromatic rings. The van der Waals surface area contributed by atoms with Crippen molar-refractivity contribution < 1.29 is 13.5 Å². The molecular weight excluding hydrogens is 555 g/mol. The highest BCUT2D eigenvalue weighted by Gasteiger charge is 2.42. The molecular formula is C28H24BrFN4O2S. The van der Waals surface area contributed by atoms with Crippen LogP contribution in [-0.2, 0) is 4.74 Å². The first-order chi connectivity index (χ1) is 18.1. The summed E-state index contributed by atoms with van der Waals surface area (Å²) in [4.78, 5) is 8.96. The quantitative estimate of drug-likeness (QED) is 0.280. The Morgan fingerprint density at radius 2 is 1.76 bits per heavy atom. The van der Waals surface area contributed by atoms with E-state index < -0.39 is 0 Å². The third kappa shape index (κ3) is 4.74. The molecule has 2 aliphatic rings. The number of hydrogen-bond donors (Lipinski definition) is 1. The summed E-state index contributed by atoms with van der Waals surface area (Å²) < 4.78 is 27.2. The van der Waals surface area contributed by atoms with Crippen LogP contribution in [0.1, 0.15) is 23.5 Å². The Balaban J connectivity index is 1.38. The Kier molecular flexibility index (Phi) is 6.67. The van der Waals surface area contributed by atoms with E-state index in [1.165, 1.54) is 6.07 Å². The predicted molar refractivity (Wildman–Crippen MR) is 149 cm³/mol. The van der Waals surface area contributed by atoms with Crippen LogP contribution in [0.15, 0.2) is 87.9 Å². The van der Waals surface area contributed by atoms with Crippen molar-refractivity contribution in [1.29, 1.82) is 0 Å². The minimum atomic E-state index is -0.354. The molecule has 0 spiro atoms. The highest BCUT2D eigenvalue weighted by molar-refractivity contribution is 9.10. The Morgan fingerprint density at radius 1 is 0.973 bits per heavy atom. The van der Waals surface area contributed by atoms with E-state index >= 15 is 0 Å². The van der Waals surface area contributed by atoms with Gasteiger partial charge in [-0.1, -0.05) is 22.0 Å². The summed E-state index contributed by atoms with van der Waals surface area (Å²) in [6.45, 7) is 3.20. The summed E-state index contributed by atoms with van der Waals surface area (Å²) in [5, 5.41) is 4.02. The fourth-order valence-electron chi connectivity index (χ4n) is 4.91. The van der Waals surface area contributed by atoms with Gasteiger partial charge >= 0.3 is 0 Å². The first kappa shape index (κ1) is 24.1. The van der Waals surface area contributed by atoms with Gasteiger partial charge in [0.1, 0.15) is 23.4 Å². The molecule has 2 aromatic heterocycles. The number of pyridine rings is 1. The van der Waals surface area contributed by atoms with E-state index in [0.29, 0.717) is 26.7 Å². The van der Waals surface area contributed by atoms with E-state index in [4.69, 9.17) is 21.4 Å². The van der Waals surface area contributed by atoms with Crippen molar-refractivity contribution in [2.24, 2.45) is 0 Å². The van der Waals surface area contributed by atoms with Crippen LogP contribution in [0.4, 0.5) is 15.8 Å². The second-order valence-electron chi connectivity index (χ2n) is 8.94. The number of nitrogens with one attached hydrogen (secondary N) is 1. The van der Waals surface area contributed by atoms with Crippen LogP contribution in [0.3, 0.4) is 0 Å². The Bertz CT molecular complexity index is 1410. The van der Waals surface area contributed by atoms with Gasteiger partial charge in [-0.2, -0.15) is 0 Å². The molecule has 0 bridgehead atoms. The summed E-state index contributed by atoms with van der Waals surface area (Å²) in [5.41, 5.74) is 3.33. The smallest absolute Gasteiger partial charge is 0.174 e. The molecule has 0 aliphatic carbocycles. The molecule has 0 amide bonds. The van der Waals surface area contributed by atoms with Crippen molar-refractivity contribution in [3.05, 3.63) is 101 Å². The minimum Gasteiger partial charge on any atom is -0.459 e. The molecule has 0 unspecified atom stereocenters. The van der Waals surface area contributed by atoms with E-state index in [1.807, 2.05) is 24.3 Å². The second-order valence-corrected chi connectivity index (χ2v) is 10.2. The van der Waals surface area contributed by atoms with Gasteiger partial charge in [-0.3, -0.25) is 4.98 Å². The molecule has 9 heteroatoms. The third-order valence-corrected chi connectivity index (χ3v) is 7.52. The average molecular weight is 579 g/mol. The lowest BCUT2D eigenvalue weighted by molar-refractivity contribution is 0.122. The van der Waals surface area contributed by atoms with E-state index in [0.717, 1.165) is 43.4 Å². The van der Waals surface area contributed by atoms with Crippen LogP contribution < -0.4 is 15.1 Å². The molecule has 2 aromatic carbocycles. The lowest BCUT2D eigenvalue weighted by Crippen LogP contribution is -2.36. The second kappa shape index (κ2) is 10.2. The van der Waals surface area contributed by atoms with E-state index in [2.05, 4.69) is 60.3 Å². The van der Waals surface area contributed by atoms with Gasteiger partial charge < -0.3 is 24.3 Å². The standard InChI is InChI=1S/C28H24BrFN4O2S/c29-18-4-9-21(22(30)17-18)24-10-11-25(36-24)27-26(23-3-1-2-12-31-23)32-28(37)34(27)20-7-5-19(6-8-20)33-13-15-35-16-14-33/h1-12,17,26-27H,13-16H2,(H,32,37)/t26-,27+/m1/s1. The minimum absolute atomic E-state index is 0.249. The number of aromatic nitrogens is 1. The molecule has 2 aliphatic heterocycles. The number of furan rings is 1. The van der Waals surface area contributed by atoms with Gasteiger partial charge in [0.2, 0.25) is 0 Å². The van der Waals surface area contributed by atoms with Crippen molar-refractivity contribution in [2.45, 2.75) is 12.1 Å². The van der Waals surface area contributed by atoms with Crippen LogP contribution in [0.25, 0.3) is 11.3 Å². The van der Waals surface area contributed by atoms with Gasteiger partial charge in [0.25, 0.3) is 0 Å². The van der Waals surface area contributed by atoms with Gasteiger partial charge in [-0.25, -0.2) is 4.39 Å². The number of thiocarbonyl (C=S) groups is 1. The zero-order chi connectivity index (χ0) is 25.4. The molecule has 1 N–H and O–H groups in total. The molecule has 37 heavy (non-hydrogen) atoms. The summed E-state index contributed by atoms with van der Waals surface area (Å²) in [6, 6.07) is 22.2. The van der Waals surface area contributed by atoms with Crippen molar-refractivity contribution in [1.82, 2.24) is 10.3 Å². The summed E-state index contributed by atoms with van der Waals surface area (Å²) in [7, 11) is 0. The van der Waals surface area contributed by atoms with Crippen molar-refractivity contribution in [3.8, 4) is 11.3 Å². The molecule has 0 saturated carbocycles. The zero-order valence-electron chi connectivity index (χ0n) is 19.8. The number of hydrogen-bond acceptors (Lipinski definition) is 5. The number of anilines is 2. The Morgan fingerprint density at radius 3 is 2.49 bits per heavy atom. The Labute approximate surface area is 228 Å². The molecule has 2 saturated heterocycles. The monoisotopic (exact) mass is 578 g/mol. The lowest BCUT2D eigenvalue weighted by Gasteiger charge is -2.30. The van der Waals surface area contributed by atoms with Crippen LogP contribution in [0.2, 0.25) is 0 Å². The van der Waals surface area contributed by atoms with E-state index in [1.54, 1.807) is 24.4 Å². The fourth-order valence-corrected chi connectivity index (χ4v) is 5.59. The van der Waals surface area contributed by atoms with Crippen LogP contribution in [0.5, 0.6) is 0 Å². The Hall–Kier alpha value is -3.27. The van der Waals surface area contributed by atoms with Crippen LogP contribution in [-0.4, -0.2) is 36.4 Å². The lowest BCUT2D eigenvalue weighted by atomic mass is 10.0. The fraction of sp³-hybridized carbons (Fsp3) is 0.214. The first-order valence-electron chi connectivity index (χ1n) is 12.1. The predicted octanol–water partition coefficient (Wildman–Crippen LogP) is 6.26. The maximum atomic E-state index is 14.7. The largest absolute Gasteiger partial charge is 0.459 e. The van der Waals surface area contributed by atoms with E-state index in [-0.39, 0.29) is 17.9 Å². The SMILES string of the molecule is Fc1cc(Br)ccc1-c1ccc([C@H]2[C@@H](c3ccccn3)NC(=S)N2c2ccc(N3CCOCC3)cc2)o1. The molecule has 4 heterocycles. The summed E-state index contributed by atoms with van der Waals surface area (Å²) >= 11 is 9.14. The average Bonchev–Trinajstić information content (AvgIpc) is 3.54. The third-order valence-electron chi connectivity index (χ3n) is 6.72. The normalized spacial score (nSPS) is 19.8. The maximum Gasteiger partial charge on any atom is 0.174 e. The number of rotatable bonds is 5. The number of ether oxygens (including phenoxy) is 1. The molecule has 6 nitrogen and oxygen atoms in total. The van der Waals surface area contributed by atoms with Gasteiger partial charge in [0.15, 0.2) is 5.11 Å². The molecule has 2 fully saturated rings. The van der Waals surface area contributed by atoms with Crippen molar-refractivity contribution in [2.75, 3.05) is 36.1 Å². The van der Waals surface area contributed by atoms with Gasteiger partial charge in [0, 0.05) is 35.1 Å². The molecule has 6 rings (SSSR count). The van der Waals surface area contributed by atoms with E-state index in [9.17, 15) is 4.39 Å². The van der Waals surface area contributed by atoms with Gasteiger partial charge in [-0.05, 0) is 78.9 Å². The number of nitrogens with zero attached hydrogens (tertiary/aromatic N) is 3. The molecule has 2 atom stereocenters. The maximum absolute atomic E-state index is 14.7. The number of benzene rings is 2.